The van der Waals surface area contributed by atoms with Crippen molar-refractivity contribution in [2.24, 2.45) is 0 Å². The number of carbonyl (C=O) groups excluding carboxylic acids is 1. The summed E-state index contributed by atoms with van der Waals surface area (Å²) < 4.78 is 28.3. The molecular weight excluding hydrogens is 516 g/mol. The van der Waals surface area contributed by atoms with Gasteiger partial charge >= 0.3 is 0 Å². The van der Waals surface area contributed by atoms with Gasteiger partial charge in [-0.3, -0.25) is 4.79 Å². The molecule has 0 atom stereocenters. The summed E-state index contributed by atoms with van der Waals surface area (Å²) in [7, 11) is 2.07. The fourth-order valence-corrected chi connectivity index (χ4v) is 6.06. The molecule has 0 unspecified atom stereocenters. The van der Waals surface area contributed by atoms with Crippen LogP contribution in [0.4, 0.5) is 20.3 Å². The van der Waals surface area contributed by atoms with Gasteiger partial charge in [0.2, 0.25) is 5.91 Å². The maximum Gasteiger partial charge on any atom is 0.264 e. The normalized spacial score (nSPS) is 19.3. The van der Waals surface area contributed by atoms with Crippen molar-refractivity contribution in [1.29, 1.82) is 0 Å². The first-order chi connectivity index (χ1) is 17.9. The summed E-state index contributed by atoms with van der Waals surface area (Å²) in [5.74, 6) is 0.684. The molecule has 1 saturated carbocycles. The van der Waals surface area contributed by atoms with Gasteiger partial charge in [0, 0.05) is 61.3 Å². The second kappa shape index (κ2) is 13.7. The number of alkyl halides is 2. The lowest BCUT2D eigenvalue weighted by molar-refractivity contribution is -0.117. The van der Waals surface area contributed by atoms with Crippen molar-refractivity contribution in [3.8, 4) is 0 Å². The highest BCUT2D eigenvalue weighted by atomic mass is 35.5. The molecule has 37 heavy (non-hydrogen) atoms. The number of hydrogen-bond donors (Lipinski definition) is 1. The Morgan fingerprint density at radius 3 is 2.27 bits per heavy atom. The number of aromatic nitrogens is 1. The van der Waals surface area contributed by atoms with Crippen LogP contribution >= 0.6 is 23.5 Å². The molecule has 202 valence electrons. The number of halogens is 3. The van der Waals surface area contributed by atoms with Crippen LogP contribution in [0.3, 0.4) is 0 Å². The van der Waals surface area contributed by atoms with Gasteiger partial charge in [-0.2, -0.15) is 0 Å². The number of benzene rings is 1. The summed E-state index contributed by atoms with van der Waals surface area (Å²) in [5, 5.41) is 3.39. The van der Waals surface area contributed by atoms with Gasteiger partial charge in [-0.05, 0) is 74.7 Å². The molecule has 1 aliphatic carbocycles. The molecular formula is C27H36ClF2N5OS. The van der Waals surface area contributed by atoms with E-state index in [2.05, 4.69) is 21.7 Å². The molecule has 1 aromatic heterocycles. The van der Waals surface area contributed by atoms with E-state index in [0.29, 0.717) is 25.3 Å². The van der Waals surface area contributed by atoms with Crippen molar-refractivity contribution in [2.45, 2.75) is 62.3 Å². The first-order valence-electron chi connectivity index (χ1n) is 13.1. The molecule has 1 aromatic carbocycles. The molecule has 1 N–H and O–H groups in total. The summed E-state index contributed by atoms with van der Waals surface area (Å²) in [6, 6.07) is 11.5. The molecule has 0 radical (unpaired) electrons. The Morgan fingerprint density at radius 1 is 1.00 bits per heavy atom. The average Bonchev–Trinajstić information content (AvgIpc) is 3.35. The van der Waals surface area contributed by atoms with Crippen LogP contribution in [0.5, 0.6) is 0 Å². The Hall–Kier alpha value is -1.94. The first kappa shape index (κ1) is 28.1. The minimum absolute atomic E-state index is 0.0891. The Kier molecular flexibility index (Phi) is 10.4. The molecule has 6 nitrogen and oxygen atoms in total. The van der Waals surface area contributed by atoms with Crippen molar-refractivity contribution in [1.82, 2.24) is 14.6 Å². The minimum atomic E-state index is -2.56. The van der Waals surface area contributed by atoms with E-state index < -0.39 is 6.43 Å². The molecule has 3 fully saturated rings. The fourth-order valence-electron chi connectivity index (χ4n) is 4.95. The summed E-state index contributed by atoms with van der Waals surface area (Å²) in [6.07, 6.45) is 6.10. The fraction of sp³-hybridized carbons (Fsp3) is 0.556. The molecule has 2 aliphatic heterocycles. The van der Waals surface area contributed by atoms with Crippen molar-refractivity contribution in [3.05, 3.63) is 47.1 Å². The number of nitrogens with zero attached hydrogens (tertiary/aromatic N) is 4. The molecule has 2 aromatic rings. The Morgan fingerprint density at radius 2 is 1.70 bits per heavy atom. The van der Waals surface area contributed by atoms with E-state index >= 15 is 0 Å². The van der Waals surface area contributed by atoms with Crippen molar-refractivity contribution < 1.29 is 13.6 Å². The molecule has 3 heterocycles. The molecule has 0 bridgehead atoms. The number of pyridine rings is 1. The number of anilines is 2. The highest BCUT2D eigenvalue weighted by Gasteiger charge is 2.23. The predicted molar refractivity (Wildman–Crippen MR) is 148 cm³/mol. The van der Waals surface area contributed by atoms with E-state index in [9.17, 15) is 13.6 Å². The third kappa shape index (κ3) is 8.02. The van der Waals surface area contributed by atoms with Crippen LogP contribution in [-0.4, -0.2) is 61.0 Å². The van der Waals surface area contributed by atoms with Crippen LogP contribution in [0.15, 0.2) is 41.3 Å². The van der Waals surface area contributed by atoms with E-state index in [4.69, 9.17) is 11.6 Å². The highest BCUT2D eigenvalue weighted by molar-refractivity contribution is 7.97. The van der Waals surface area contributed by atoms with Gasteiger partial charge in [-0.1, -0.05) is 30.9 Å². The zero-order chi connectivity index (χ0) is 26.2. The van der Waals surface area contributed by atoms with Gasteiger partial charge in [0.05, 0.1) is 0 Å². The van der Waals surface area contributed by atoms with Crippen LogP contribution in [0.1, 0.15) is 56.9 Å². The number of rotatable bonds is 6. The smallest absolute Gasteiger partial charge is 0.264 e. The Balaban J connectivity index is 0.000000342. The zero-order valence-corrected chi connectivity index (χ0v) is 22.9. The van der Waals surface area contributed by atoms with E-state index in [1.807, 2.05) is 34.1 Å². The largest absolute Gasteiger partial charge is 0.354 e. The van der Waals surface area contributed by atoms with Crippen molar-refractivity contribution in [3.63, 3.8) is 0 Å². The quantitative estimate of drug-likeness (QED) is 0.342. The van der Waals surface area contributed by atoms with Crippen molar-refractivity contribution >= 4 is 41.0 Å². The number of amides is 1. The molecule has 0 spiro atoms. The molecule has 1 amide bonds. The SMILES string of the molecule is CNC1CCCCC1.O=C1CCCN1c1ccc(SN2CCN(c3cc(C(F)F)cc(Cl)n3)CC2)cc1. The Bertz CT molecular complexity index is 1010. The molecule has 10 heteroatoms. The summed E-state index contributed by atoms with van der Waals surface area (Å²) >= 11 is 7.57. The van der Waals surface area contributed by atoms with Crippen molar-refractivity contribution in [2.75, 3.05) is 49.6 Å². The van der Waals surface area contributed by atoms with E-state index in [1.54, 1.807) is 11.9 Å². The second-order valence-corrected chi connectivity index (χ2v) is 11.2. The van der Waals surface area contributed by atoms with Gasteiger partial charge in [-0.25, -0.2) is 18.1 Å². The number of nitrogens with one attached hydrogen (secondary N) is 1. The lowest BCUT2D eigenvalue weighted by atomic mass is 9.96. The van der Waals surface area contributed by atoms with Crippen LogP contribution in [0.2, 0.25) is 5.15 Å². The molecule has 2 saturated heterocycles. The van der Waals surface area contributed by atoms with Gasteiger partial charge in [-0.15, -0.1) is 0 Å². The highest BCUT2D eigenvalue weighted by Crippen LogP contribution is 2.30. The lowest BCUT2D eigenvalue weighted by Gasteiger charge is -2.34. The monoisotopic (exact) mass is 551 g/mol. The molecule has 3 aliphatic rings. The lowest BCUT2D eigenvalue weighted by Crippen LogP contribution is -2.43. The predicted octanol–water partition coefficient (Wildman–Crippen LogP) is 6.17. The summed E-state index contributed by atoms with van der Waals surface area (Å²) in [4.78, 5) is 21.0. The maximum atomic E-state index is 13.0. The van der Waals surface area contributed by atoms with Gasteiger partial charge < -0.3 is 15.1 Å². The second-order valence-electron chi connectivity index (χ2n) is 9.66. The topological polar surface area (TPSA) is 51.7 Å². The Labute approximate surface area is 227 Å². The van der Waals surface area contributed by atoms with E-state index in [0.717, 1.165) is 42.7 Å². The average molecular weight is 552 g/mol. The zero-order valence-electron chi connectivity index (χ0n) is 21.3. The summed E-state index contributed by atoms with van der Waals surface area (Å²) in [5.41, 5.74) is 0.844. The third-order valence-corrected chi connectivity index (χ3v) is 8.39. The van der Waals surface area contributed by atoms with E-state index in [-0.39, 0.29) is 16.6 Å². The standard InChI is InChI=1S/C20H21ClF2N4OS.C7H15N/c21-17-12-14(20(22)23)13-18(24-17)25-8-10-26(11-9-25)29-16-5-3-15(4-6-16)27-7-1-2-19(27)28;1-8-7-5-3-2-4-6-7/h3-6,12-13,20H,1-2,7-11H2;7-8H,2-6H2,1H3. The first-order valence-corrected chi connectivity index (χ1v) is 14.3. The summed E-state index contributed by atoms with van der Waals surface area (Å²) in [6.45, 7) is 3.70. The number of hydrogen-bond acceptors (Lipinski definition) is 6. The van der Waals surface area contributed by atoms with E-state index in [1.165, 1.54) is 44.2 Å². The molecule has 5 rings (SSSR count). The van der Waals surface area contributed by atoms with Crippen LogP contribution in [-0.2, 0) is 4.79 Å². The minimum Gasteiger partial charge on any atom is -0.354 e. The van der Waals surface area contributed by atoms with Crippen LogP contribution < -0.4 is 15.1 Å². The van der Waals surface area contributed by atoms with Gasteiger partial charge in [0.15, 0.2) is 0 Å². The van der Waals surface area contributed by atoms with Gasteiger partial charge in [0.1, 0.15) is 11.0 Å². The number of carbonyl (C=O) groups is 1. The van der Waals surface area contributed by atoms with Crippen LogP contribution in [0.25, 0.3) is 0 Å². The number of piperazine rings is 1. The third-order valence-electron chi connectivity index (χ3n) is 7.09. The maximum absolute atomic E-state index is 13.0. The van der Waals surface area contributed by atoms with Gasteiger partial charge in [0.25, 0.3) is 6.43 Å². The van der Waals surface area contributed by atoms with Crippen LogP contribution in [0, 0.1) is 0 Å².